The standard InChI is InChI=1S/C18H21FN2O4S/c1-26(23,24)21(13-15-5-3-2-4-6-15)14-18(22)20-11-12-25-17-9-7-16(19)8-10-17/h2-10H,11-14H2,1H3,(H,20,22). The molecule has 0 aliphatic rings. The van der Waals surface area contributed by atoms with Gasteiger partial charge in [-0.2, -0.15) is 4.31 Å². The van der Waals surface area contributed by atoms with Gasteiger partial charge in [0.2, 0.25) is 15.9 Å². The third kappa shape index (κ3) is 6.81. The van der Waals surface area contributed by atoms with Gasteiger partial charge in [-0.1, -0.05) is 30.3 Å². The Kier molecular flexibility index (Phi) is 7.11. The SMILES string of the molecule is CS(=O)(=O)N(CC(=O)NCCOc1ccc(F)cc1)Cc1ccccc1. The summed E-state index contributed by atoms with van der Waals surface area (Å²) in [7, 11) is -3.53. The molecule has 2 rings (SSSR count). The molecule has 0 saturated heterocycles. The monoisotopic (exact) mass is 380 g/mol. The maximum atomic E-state index is 12.8. The molecular formula is C18H21FN2O4S. The highest BCUT2D eigenvalue weighted by Crippen LogP contribution is 2.10. The largest absolute Gasteiger partial charge is 0.492 e. The number of sulfonamides is 1. The summed E-state index contributed by atoms with van der Waals surface area (Å²) in [5.74, 6) is -0.290. The minimum absolute atomic E-state index is 0.124. The van der Waals surface area contributed by atoms with Gasteiger partial charge < -0.3 is 10.1 Å². The number of hydrogen-bond acceptors (Lipinski definition) is 4. The average Bonchev–Trinajstić information content (AvgIpc) is 2.60. The molecular weight excluding hydrogens is 359 g/mol. The molecule has 8 heteroatoms. The molecule has 0 bridgehead atoms. The summed E-state index contributed by atoms with van der Waals surface area (Å²) in [5, 5.41) is 2.61. The summed E-state index contributed by atoms with van der Waals surface area (Å²) in [5.41, 5.74) is 0.797. The quantitative estimate of drug-likeness (QED) is 0.673. The third-order valence-electron chi connectivity index (χ3n) is 3.50. The lowest BCUT2D eigenvalue weighted by Crippen LogP contribution is -2.40. The number of rotatable bonds is 9. The molecule has 0 heterocycles. The smallest absolute Gasteiger partial charge is 0.235 e. The Balaban J connectivity index is 1.80. The van der Waals surface area contributed by atoms with Crippen molar-refractivity contribution >= 4 is 15.9 Å². The molecule has 0 aliphatic carbocycles. The van der Waals surface area contributed by atoms with Crippen molar-refractivity contribution in [2.75, 3.05) is 26.0 Å². The highest BCUT2D eigenvalue weighted by Gasteiger charge is 2.20. The van der Waals surface area contributed by atoms with E-state index in [0.717, 1.165) is 16.1 Å². The van der Waals surface area contributed by atoms with Gasteiger partial charge in [-0.15, -0.1) is 0 Å². The summed E-state index contributed by atoms with van der Waals surface area (Å²) >= 11 is 0. The first kappa shape index (κ1) is 19.9. The van der Waals surface area contributed by atoms with Crippen LogP contribution in [0.15, 0.2) is 54.6 Å². The molecule has 140 valence electrons. The number of nitrogens with zero attached hydrogens (tertiary/aromatic N) is 1. The Morgan fingerprint density at radius 2 is 1.77 bits per heavy atom. The fraction of sp³-hybridized carbons (Fsp3) is 0.278. The molecule has 26 heavy (non-hydrogen) atoms. The summed E-state index contributed by atoms with van der Waals surface area (Å²) in [6.07, 6.45) is 1.07. The number of ether oxygens (including phenoxy) is 1. The molecule has 0 radical (unpaired) electrons. The lowest BCUT2D eigenvalue weighted by molar-refractivity contribution is -0.121. The van der Waals surface area contributed by atoms with E-state index in [1.807, 2.05) is 18.2 Å². The zero-order chi connectivity index (χ0) is 19.0. The zero-order valence-electron chi connectivity index (χ0n) is 14.4. The zero-order valence-corrected chi connectivity index (χ0v) is 15.2. The van der Waals surface area contributed by atoms with Crippen molar-refractivity contribution in [3.05, 3.63) is 66.0 Å². The third-order valence-corrected chi connectivity index (χ3v) is 4.69. The molecule has 0 atom stereocenters. The van der Waals surface area contributed by atoms with Crippen LogP contribution in [0.25, 0.3) is 0 Å². The summed E-state index contributed by atoms with van der Waals surface area (Å²) in [6, 6.07) is 14.6. The molecule has 0 fully saturated rings. The van der Waals surface area contributed by atoms with Crippen LogP contribution in [0.3, 0.4) is 0 Å². The minimum atomic E-state index is -3.53. The topological polar surface area (TPSA) is 75.7 Å². The molecule has 2 aromatic rings. The molecule has 0 aromatic heterocycles. The fourth-order valence-corrected chi connectivity index (χ4v) is 2.92. The molecule has 6 nitrogen and oxygen atoms in total. The summed E-state index contributed by atoms with van der Waals surface area (Å²) in [6.45, 7) is 0.248. The Morgan fingerprint density at radius 1 is 1.12 bits per heavy atom. The van der Waals surface area contributed by atoms with E-state index < -0.39 is 15.9 Å². The normalized spacial score (nSPS) is 11.3. The first-order chi connectivity index (χ1) is 12.3. The van der Waals surface area contributed by atoms with E-state index in [2.05, 4.69) is 5.32 Å². The Bertz CT molecular complexity index is 811. The van der Waals surface area contributed by atoms with Crippen molar-refractivity contribution in [2.24, 2.45) is 0 Å². The second-order valence-electron chi connectivity index (χ2n) is 5.67. The van der Waals surface area contributed by atoms with E-state index in [4.69, 9.17) is 4.74 Å². The second-order valence-corrected chi connectivity index (χ2v) is 7.65. The highest BCUT2D eigenvalue weighted by atomic mass is 32.2. The van der Waals surface area contributed by atoms with E-state index in [1.165, 1.54) is 24.3 Å². The van der Waals surface area contributed by atoms with E-state index in [9.17, 15) is 17.6 Å². The van der Waals surface area contributed by atoms with Crippen molar-refractivity contribution < 1.29 is 22.3 Å². The fourth-order valence-electron chi connectivity index (χ4n) is 2.18. The number of amides is 1. The number of benzene rings is 2. The first-order valence-electron chi connectivity index (χ1n) is 7.99. The number of carbonyl (C=O) groups is 1. The first-order valence-corrected chi connectivity index (χ1v) is 9.83. The number of halogens is 1. The predicted octanol–water partition coefficient (Wildman–Crippen LogP) is 1.78. The van der Waals surface area contributed by atoms with Crippen molar-refractivity contribution in [3.8, 4) is 5.75 Å². The Labute approximate surface area is 152 Å². The van der Waals surface area contributed by atoms with E-state index in [1.54, 1.807) is 12.1 Å². The van der Waals surface area contributed by atoms with Crippen LogP contribution in [0.2, 0.25) is 0 Å². The van der Waals surface area contributed by atoms with Gasteiger partial charge in [0.05, 0.1) is 19.3 Å². The highest BCUT2D eigenvalue weighted by molar-refractivity contribution is 7.88. The van der Waals surface area contributed by atoms with Crippen LogP contribution >= 0.6 is 0 Å². The Hall–Kier alpha value is -2.45. The maximum Gasteiger partial charge on any atom is 0.235 e. The molecule has 0 aliphatic heterocycles. The number of nitrogens with one attached hydrogen (secondary N) is 1. The van der Waals surface area contributed by atoms with E-state index in [-0.39, 0.29) is 32.1 Å². The van der Waals surface area contributed by atoms with Crippen LogP contribution in [0.5, 0.6) is 5.75 Å². The van der Waals surface area contributed by atoms with Gasteiger partial charge in [0.1, 0.15) is 18.2 Å². The molecule has 1 amide bonds. The lowest BCUT2D eigenvalue weighted by Gasteiger charge is -2.19. The Morgan fingerprint density at radius 3 is 2.38 bits per heavy atom. The predicted molar refractivity (Wildman–Crippen MR) is 96.6 cm³/mol. The minimum Gasteiger partial charge on any atom is -0.492 e. The van der Waals surface area contributed by atoms with Crippen molar-refractivity contribution in [3.63, 3.8) is 0 Å². The van der Waals surface area contributed by atoms with Gasteiger partial charge >= 0.3 is 0 Å². The van der Waals surface area contributed by atoms with Crippen LogP contribution in [0, 0.1) is 5.82 Å². The van der Waals surface area contributed by atoms with Crippen LogP contribution in [0.1, 0.15) is 5.56 Å². The van der Waals surface area contributed by atoms with Gasteiger partial charge in [-0.05, 0) is 29.8 Å². The number of carbonyl (C=O) groups excluding carboxylic acids is 1. The van der Waals surface area contributed by atoms with Gasteiger partial charge in [0, 0.05) is 6.54 Å². The van der Waals surface area contributed by atoms with Crippen LogP contribution in [0.4, 0.5) is 4.39 Å². The van der Waals surface area contributed by atoms with Crippen LogP contribution in [-0.2, 0) is 21.4 Å². The van der Waals surface area contributed by atoms with Gasteiger partial charge in [0.25, 0.3) is 0 Å². The second kappa shape index (κ2) is 9.30. The molecule has 0 saturated carbocycles. The molecule has 0 unspecified atom stereocenters. The molecule has 2 aromatic carbocycles. The molecule has 1 N–H and O–H groups in total. The molecule has 0 spiro atoms. The van der Waals surface area contributed by atoms with Gasteiger partial charge in [0.15, 0.2) is 0 Å². The summed E-state index contributed by atoms with van der Waals surface area (Å²) < 4.78 is 43.1. The van der Waals surface area contributed by atoms with E-state index >= 15 is 0 Å². The van der Waals surface area contributed by atoms with Crippen molar-refractivity contribution in [1.82, 2.24) is 9.62 Å². The average molecular weight is 380 g/mol. The maximum absolute atomic E-state index is 12.8. The van der Waals surface area contributed by atoms with E-state index in [0.29, 0.717) is 5.75 Å². The number of hydrogen-bond donors (Lipinski definition) is 1. The van der Waals surface area contributed by atoms with Crippen LogP contribution in [-0.4, -0.2) is 44.6 Å². The van der Waals surface area contributed by atoms with Gasteiger partial charge in [-0.3, -0.25) is 4.79 Å². The lowest BCUT2D eigenvalue weighted by atomic mass is 10.2. The van der Waals surface area contributed by atoms with Crippen molar-refractivity contribution in [2.45, 2.75) is 6.54 Å². The van der Waals surface area contributed by atoms with Crippen molar-refractivity contribution in [1.29, 1.82) is 0 Å². The summed E-state index contributed by atoms with van der Waals surface area (Å²) in [4.78, 5) is 12.0. The van der Waals surface area contributed by atoms with Gasteiger partial charge in [-0.25, -0.2) is 12.8 Å². The van der Waals surface area contributed by atoms with Crippen LogP contribution < -0.4 is 10.1 Å².